The zero-order chi connectivity index (χ0) is 14.3. The molecule has 4 N–H and O–H groups in total. The molecule has 104 valence electrons. The lowest BCUT2D eigenvalue weighted by Crippen LogP contribution is -2.50. The van der Waals surface area contributed by atoms with Crippen molar-refractivity contribution in [2.24, 2.45) is 5.41 Å². The summed E-state index contributed by atoms with van der Waals surface area (Å²) >= 11 is 0. The van der Waals surface area contributed by atoms with Crippen molar-refractivity contribution in [3.8, 4) is 0 Å². The van der Waals surface area contributed by atoms with Crippen LogP contribution >= 0.6 is 0 Å². The van der Waals surface area contributed by atoms with Gasteiger partial charge < -0.3 is 21.1 Å². The summed E-state index contributed by atoms with van der Waals surface area (Å²) in [5.74, 6) is -1.29. The number of nitrogens with one attached hydrogen (secondary N) is 3. The summed E-state index contributed by atoms with van der Waals surface area (Å²) in [5, 5.41) is 16.1. The van der Waals surface area contributed by atoms with Crippen LogP contribution in [0.1, 0.15) is 27.2 Å². The van der Waals surface area contributed by atoms with Crippen LogP contribution in [-0.2, 0) is 9.59 Å². The smallest absolute Gasteiger partial charge is 0.326 e. The number of urea groups is 1. The lowest BCUT2D eigenvalue weighted by molar-refractivity contribution is -0.139. The number of hydrogen-bond acceptors (Lipinski definition) is 3. The Bertz CT molecular complexity index is 328. The standard InChI is InChI=1S/C11H21N3O4/c1-5-7(8(15)16)14-10(18)13-6-11(2,3)9(17)12-4/h7H,5-6H2,1-4H3,(H,12,17)(H,15,16)(H2,13,14,18). The summed E-state index contributed by atoms with van der Waals surface area (Å²) in [6, 6.07) is -1.52. The summed E-state index contributed by atoms with van der Waals surface area (Å²) < 4.78 is 0. The minimum absolute atomic E-state index is 0.120. The van der Waals surface area contributed by atoms with Gasteiger partial charge in [-0.3, -0.25) is 4.79 Å². The Morgan fingerprint density at radius 1 is 1.28 bits per heavy atom. The molecule has 3 amide bonds. The van der Waals surface area contributed by atoms with Crippen molar-refractivity contribution in [2.45, 2.75) is 33.2 Å². The maximum Gasteiger partial charge on any atom is 0.326 e. The van der Waals surface area contributed by atoms with Gasteiger partial charge in [-0.25, -0.2) is 9.59 Å². The molecule has 0 aromatic heterocycles. The Morgan fingerprint density at radius 3 is 2.22 bits per heavy atom. The second-order valence-corrected chi connectivity index (χ2v) is 4.59. The second kappa shape index (κ2) is 6.83. The summed E-state index contributed by atoms with van der Waals surface area (Å²) in [7, 11) is 1.52. The molecule has 0 bridgehead atoms. The highest BCUT2D eigenvalue weighted by Gasteiger charge is 2.27. The molecule has 18 heavy (non-hydrogen) atoms. The Kier molecular flexibility index (Phi) is 6.15. The van der Waals surface area contributed by atoms with E-state index in [1.165, 1.54) is 7.05 Å². The van der Waals surface area contributed by atoms with Crippen LogP contribution in [0.5, 0.6) is 0 Å². The molecule has 0 rings (SSSR count). The molecule has 0 spiro atoms. The molecule has 0 saturated carbocycles. The third-order valence-electron chi connectivity index (χ3n) is 2.54. The molecule has 0 heterocycles. The molecule has 0 saturated heterocycles. The maximum atomic E-state index is 11.5. The van der Waals surface area contributed by atoms with E-state index in [1.54, 1.807) is 20.8 Å². The Balaban J connectivity index is 4.26. The number of aliphatic carboxylic acids is 1. The third-order valence-corrected chi connectivity index (χ3v) is 2.54. The van der Waals surface area contributed by atoms with E-state index >= 15 is 0 Å². The first-order chi connectivity index (χ1) is 8.24. The quantitative estimate of drug-likeness (QED) is 0.535. The minimum atomic E-state index is -1.08. The van der Waals surface area contributed by atoms with Crippen LogP contribution in [0.15, 0.2) is 0 Å². The summed E-state index contributed by atoms with van der Waals surface area (Å²) in [6.07, 6.45) is 0.293. The fourth-order valence-electron chi connectivity index (χ4n) is 1.27. The largest absolute Gasteiger partial charge is 0.480 e. The number of carbonyl (C=O) groups is 3. The minimum Gasteiger partial charge on any atom is -0.480 e. The molecule has 0 aromatic rings. The fraction of sp³-hybridized carbons (Fsp3) is 0.727. The lowest BCUT2D eigenvalue weighted by Gasteiger charge is -2.23. The number of hydrogen-bond donors (Lipinski definition) is 4. The van der Waals surface area contributed by atoms with Gasteiger partial charge in [-0.15, -0.1) is 0 Å². The van der Waals surface area contributed by atoms with E-state index in [0.717, 1.165) is 0 Å². The van der Waals surface area contributed by atoms with Crippen molar-refractivity contribution < 1.29 is 19.5 Å². The van der Waals surface area contributed by atoms with Gasteiger partial charge in [0.25, 0.3) is 0 Å². The first kappa shape index (κ1) is 16.2. The van der Waals surface area contributed by atoms with Crippen molar-refractivity contribution in [1.29, 1.82) is 0 Å². The van der Waals surface area contributed by atoms with Crippen LogP contribution in [0.4, 0.5) is 4.79 Å². The van der Waals surface area contributed by atoms with Gasteiger partial charge in [-0.2, -0.15) is 0 Å². The van der Waals surface area contributed by atoms with E-state index in [4.69, 9.17) is 5.11 Å². The molecule has 0 radical (unpaired) electrons. The van der Waals surface area contributed by atoms with Crippen LogP contribution < -0.4 is 16.0 Å². The molecular formula is C11H21N3O4. The summed E-state index contributed by atoms with van der Waals surface area (Å²) in [6.45, 7) is 5.14. The predicted octanol–water partition coefficient (Wildman–Crippen LogP) is -0.0790. The van der Waals surface area contributed by atoms with Crippen molar-refractivity contribution in [1.82, 2.24) is 16.0 Å². The zero-order valence-electron chi connectivity index (χ0n) is 11.2. The molecule has 0 aliphatic rings. The van der Waals surface area contributed by atoms with Crippen LogP contribution in [-0.4, -0.2) is 42.6 Å². The monoisotopic (exact) mass is 259 g/mol. The number of carboxylic acid groups (broad SMARTS) is 1. The van der Waals surface area contributed by atoms with Gasteiger partial charge in [0.1, 0.15) is 6.04 Å². The molecule has 0 aliphatic carbocycles. The van der Waals surface area contributed by atoms with E-state index in [0.29, 0.717) is 6.42 Å². The van der Waals surface area contributed by atoms with Crippen molar-refractivity contribution in [2.75, 3.05) is 13.6 Å². The van der Waals surface area contributed by atoms with Crippen LogP contribution in [0.25, 0.3) is 0 Å². The molecule has 0 aromatic carbocycles. The first-order valence-corrected chi connectivity index (χ1v) is 5.74. The molecule has 7 nitrogen and oxygen atoms in total. The van der Waals surface area contributed by atoms with E-state index in [1.807, 2.05) is 0 Å². The topological polar surface area (TPSA) is 108 Å². The summed E-state index contributed by atoms with van der Waals surface area (Å²) in [4.78, 5) is 33.6. The highest BCUT2D eigenvalue weighted by molar-refractivity contribution is 5.84. The third kappa shape index (κ3) is 5.03. The highest BCUT2D eigenvalue weighted by Crippen LogP contribution is 2.12. The molecule has 1 atom stereocenters. The first-order valence-electron chi connectivity index (χ1n) is 5.74. The number of carbonyl (C=O) groups excluding carboxylic acids is 2. The average molecular weight is 259 g/mol. The van der Waals surface area contributed by atoms with Gasteiger partial charge >= 0.3 is 12.0 Å². The Morgan fingerprint density at radius 2 is 1.83 bits per heavy atom. The van der Waals surface area contributed by atoms with Crippen molar-refractivity contribution in [3.05, 3.63) is 0 Å². The molecule has 0 aliphatic heterocycles. The highest BCUT2D eigenvalue weighted by atomic mass is 16.4. The van der Waals surface area contributed by atoms with Crippen LogP contribution in [0.2, 0.25) is 0 Å². The van der Waals surface area contributed by atoms with E-state index in [2.05, 4.69) is 16.0 Å². The molecule has 0 fully saturated rings. The Hall–Kier alpha value is -1.79. The van der Waals surface area contributed by atoms with E-state index in [-0.39, 0.29) is 12.5 Å². The van der Waals surface area contributed by atoms with Gasteiger partial charge in [0.2, 0.25) is 5.91 Å². The normalized spacial score (nSPS) is 12.4. The van der Waals surface area contributed by atoms with Gasteiger partial charge in [-0.05, 0) is 20.3 Å². The lowest BCUT2D eigenvalue weighted by atomic mass is 9.92. The number of carboxylic acids is 1. The van der Waals surface area contributed by atoms with E-state index < -0.39 is 23.5 Å². The molecular weight excluding hydrogens is 238 g/mol. The predicted molar refractivity (Wildman–Crippen MR) is 66.1 cm³/mol. The van der Waals surface area contributed by atoms with Crippen LogP contribution in [0, 0.1) is 5.41 Å². The van der Waals surface area contributed by atoms with Gasteiger partial charge in [0.15, 0.2) is 0 Å². The molecule has 7 heteroatoms. The summed E-state index contributed by atoms with van der Waals surface area (Å²) in [5.41, 5.74) is -0.753. The van der Waals surface area contributed by atoms with Gasteiger partial charge in [0, 0.05) is 13.6 Å². The second-order valence-electron chi connectivity index (χ2n) is 4.59. The fourth-order valence-corrected chi connectivity index (χ4v) is 1.27. The SMILES string of the molecule is CCC(NC(=O)NCC(C)(C)C(=O)NC)C(=O)O. The Labute approximate surface area is 106 Å². The number of amides is 3. The number of rotatable bonds is 6. The molecule has 1 unspecified atom stereocenters. The average Bonchev–Trinajstić information content (AvgIpc) is 2.31. The van der Waals surface area contributed by atoms with Gasteiger partial charge in [-0.1, -0.05) is 6.92 Å². The van der Waals surface area contributed by atoms with E-state index in [9.17, 15) is 14.4 Å². The van der Waals surface area contributed by atoms with Crippen molar-refractivity contribution >= 4 is 17.9 Å². The van der Waals surface area contributed by atoms with Gasteiger partial charge in [0.05, 0.1) is 5.41 Å². The zero-order valence-corrected chi connectivity index (χ0v) is 11.2. The van der Waals surface area contributed by atoms with Crippen molar-refractivity contribution in [3.63, 3.8) is 0 Å². The maximum absolute atomic E-state index is 11.5. The van der Waals surface area contributed by atoms with Crippen LogP contribution in [0.3, 0.4) is 0 Å².